The highest BCUT2D eigenvalue weighted by atomic mass is 32.2. The van der Waals surface area contributed by atoms with Crippen LogP contribution in [0.15, 0.2) is 53.7 Å². The van der Waals surface area contributed by atoms with Gasteiger partial charge in [0.25, 0.3) is 0 Å². The summed E-state index contributed by atoms with van der Waals surface area (Å²) in [5.41, 5.74) is 2.54. The first kappa shape index (κ1) is 18.3. The molecule has 0 saturated carbocycles. The molecule has 26 heavy (non-hydrogen) atoms. The summed E-state index contributed by atoms with van der Waals surface area (Å²) in [6.45, 7) is 4.07. The van der Waals surface area contributed by atoms with Crippen molar-refractivity contribution in [3.8, 4) is 11.5 Å². The minimum atomic E-state index is -0.199. The number of ether oxygens (including phenoxy) is 2. The van der Waals surface area contributed by atoms with E-state index in [9.17, 15) is 0 Å². The van der Waals surface area contributed by atoms with E-state index in [0.717, 1.165) is 28.2 Å². The summed E-state index contributed by atoms with van der Waals surface area (Å²) in [4.78, 5) is 0. The number of nitrogens with zero attached hydrogens (tertiary/aromatic N) is 3. The fourth-order valence-corrected chi connectivity index (χ4v) is 3.42. The zero-order chi connectivity index (χ0) is 18.5. The number of rotatable bonds is 7. The third-order valence-corrected chi connectivity index (χ3v) is 5.18. The fraction of sp³-hybridized carbons (Fsp3) is 0.300. The molecule has 5 nitrogen and oxygen atoms in total. The Balaban J connectivity index is 1.64. The van der Waals surface area contributed by atoms with E-state index in [-0.39, 0.29) is 6.10 Å². The summed E-state index contributed by atoms with van der Waals surface area (Å²) in [6, 6.07) is 16.1. The van der Waals surface area contributed by atoms with E-state index in [4.69, 9.17) is 9.47 Å². The van der Waals surface area contributed by atoms with Crippen LogP contribution in [-0.4, -0.2) is 21.9 Å². The third-order valence-electron chi connectivity index (χ3n) is 4.09. The Kier molecular flexibility index (Phi) is 5.83. The molecule has 1 aromatic heterocycles. The third kappa shape index (κ3) is 4.38. The first-order chi connectivity index (χ1) is 12.6. The van der Waals surface area contributed by atoms with Gasteiger partial charge in [-0.15, -0.1) is 10.2 Å². The summed E-state index contributed by atoms with van der Waals surface area (Å²) in [5.74, 6) is 3.24. The first-order valence-electron chi connectivity index (χ1n) is 8.45. The van der Waals surface area contributed by atoms with Gasteiger partial charge in [0.15, 0.2) is 17.1 Å². The van der Waals surface area contributed by atoms with Crippen molar-refractivity contribution < 1.29 is 9.47 Å². The molecule has 0 amide bonds. The van der Waals surface area contributed by atoms with Crippen molar-refractivity contribution in [3.63, 3.8) is 0 Å². The maximum Gasteiger partial charge on any atom is 0.191 e. The first-order valence-corrected chi connectivity index (χ1v) is 9.43. The Labute approximate surface area is 158 Å². The van der Waals surface area contributed by atoms with Crippen LogP contribution in [0.2, 0.25) is 0 Å². The van der Waals surface area contributed by atoms with Crippen molar-refractivity contribution in [1.82, 2.24) is 14.8 Å². The summed E-state index contributed by atoms with van der Waals surface area (Å²) >= 11 is 1.67. The second-order valence-electron chi connectivity index (χ2n) is 6.11. The molecule has 3 aromatic rings. The number of thioether (sulfide) groups is 1. The van der Waals surface area contributed by atoms with Crippen molar-refractivity contribution in [1.29, 1.82) is 0 Å². The number of hydrogen-bond acceptors (Lipinski definition) is 5. The lowest BCUT2D eigenvalue weighted by molar-refractivity contribution is 0.211. The van der Waals surface area contributed by atoms with Crippen LogP contribution in [0, 0.1) is 6.92 Å². The van der Waals surface area contributed by atoms with Crippen molar-refractivity contribution in [3.05, 3.63) is 65.5 Å². The normalized spacial score (nSPS) is 12.0. The van der Waals surface area contributed by atoms with E-state index in [2.05, 4.69) is 41.4 Å². The van der Waals surface area contributed by atoms with Crippen molar-refractivity contribution in [2.24, 2.45) is 7.05 Å². The minimum absolute atomic E-state index is 0.199. The van der Waals surface area contributed by atoms with Gasteiger partial charge >= 0.3 is 0 Å². The molecule has 0 aliphatic heterocycles. The SMILES string of the molecule is COc1ccc(OC(C)c2nnc(SCc3ccc(C)cc3)n2C)cc1. The van der Waals surface area contributed by atoms with Crippen molar-refractivity contribution >= 4 is 11.8 Å². The molecule has 0 saturated heterocycles. The molecule has 0 aliphatic rings. The fourth-order valence-electron chi connectivity index (χ4n) is 2.55. The Bertz CT molecular complexity index is 844. The van der Waals surface area contributed by atoms with E-state index in [1.54, 1.807) is 18.9 Å². The van der Waals surface area contributed by atoms with E-state index >= 15 is 0 Å². The van der Waals surface area contributed by atoms with Gasteiger partial charge in [-0.2, -0.15) is 0 Å². The van der Waals surface area contributed by atoms with Gasteiger partial charge in [0.1, 0.15) is 11.5 Å². The molecule has 0 aliphatic carbocycles. The zero-order valence-corrected chi connectivity index (χ0v) is 16.3. The lowest BCUT2D eigenvalue weighted by atomic mass is 10.2. The quantitative estimate of drug-likeness (QED) is 0.571. The number of benzene rings is 2. The lowest BCUT2D eigenvalue weighted by Crippen LogP contribution is -2.10. The molecule has 0 radical (unpaired) electrons. The summed E-state index contributed by atoms with van der Waals surface area (Å²) in [5, 5.41) is 9.51. The molecule has 0 bridgehead atoms. The smallest absolute Gasteiger partial charge is 0.191 e. The molecule has 1 unspecified atom stereocenters. The van der Waals surface area contributed by atoms with E-state index in [1.807, 2.05) is 42.8 Å². The predicted molar refractivity (Wildman–Crippen MR) is 104 cm³/mol. The van der Waals surface area contributed by atoms with Crippen LogP contribution >= 0.6 is 11.8 Å². The topological polar surface area (TPSA) is 49.2 Å². The summed E-state index contributed by atoms with van der Waals surface area (Å²) in [6.07, 6.45) is -0.199. The second-order valence-corrected chi connectivity index (χ2v) is 7.05. The van der Waals surface area contributed by atoms with Crippen LogP contribution in [0.4, 0.5) is 0 Å². The van der Waals surface area contributed by atoms with Gasteiger partial charge in [0.2, 0.25) is 0 Å². The van der Waals surface area contributed by atoms with Gasteiger partial charge in [-0.3, -0.25) is 0 Å². The van der Waals surface area contributed by atoms with Crippen LogP contribution < -0.4 is 9.47 Å². The van der Waals surface area contributed by atoms with Crippen molar-refractivity contribution in [2.45, 2.75) is 30.9 Å². The Morgan fingerprint density at radius 3 is 2.31 bits per heavy atom. The monoisotopic (exact) mass is 369 g/mol. The summed E-state index contributed by atoms with van der Waals surface area (Å²) in [7, 11) is 3.62. The number of hydrogen-bond donors (Lipinski definition) is 0. The molecular formula is C20H23N3O2S. The largest absolute Gasteiger partial charge is 0.497 e. The average molecular weight is 369 g/mol. The number of aryl methyl sites for hydroxylation is 1. The number of aromatic nitrogens is 3. The highest BCUT2D eigenvalue weighted by Gasteiger charge is 2.17. The van der Waals surface area contributed by atoms with Crippen LogP contribution in [0.3, 0.4) is 0 Å². The molecule has 1 heterocycles. The van der Waals surface area contributed by atoms with Crippen LogP contribution in [-0.2, 0) is 12.8 Å². The maximum absolute atomic E-state index is 5.98. The highest BCUT2D eigenvalue weighted by Crippen LogP contribution is 2.26. The van der Waals surface area contributed by atoms with Gasteiger partial charge in [0.05, 0.1) is 7.11 Å². The molecule has 2 aromatic carbocycles. The number of methoxy groups -OCH3 is 1. The maximum atomic E-state index is 5.98. The van der Waals surface area contributed by atoms with Gasteiger partial charge < -0.3 is 14.0 Å². The van der Waals surface area contributed by atoms with Crippen molar-refractivity contribution in [2.75, 3.05) is 7.11 Å². The molecular weight excluding hydrogens is 346 g/mol. The predicted octanol–water partition coefficient (Wildman–Crippen LogP) is 4.56. The summed E-state index contributed by atoms with van der Waals surface area (Å²) < 4.78 is 13.1. The molecule has 0 fully saturated rings. The molecule has 3 rings (SSSR count). The van der Waals surface area contributed by atoms with E-state index < -0.39 is 0 Å². The van der Waals surface area contributed by atoms with Gasteiger partial charge in [-0.25, -0.2) is 0 Å². The lowest BCUT2D eigenvalue weighted by Gasteiger charge is -2.14. The molecule has 0 spiro atoms. The standard InChI is InChI=1S/C20H23N3O2S/c1-14-5-7-16(8-6-14)13-26-20-22-21-19(23(20)3)15(2)25-18-11-9-17(24-4)10-12-18/h5-12,15H,13H2,1-4H3. The van der Waals surface area contributed by atoms with Gasteiger partial charge in [0, 0.05) is 12.8 Å². The molecule has 6 heteroatoms. The second kappa shape index (κ2) is 8.27. The molecule has 0 N–H and O–H groups in total. The average Bonchev–Trinajstić information content (AvgIpc) is 3.02. The molecule has 136 valence electrons. The van der Waals surface area contributed by atoms with Crippen LogP contribution in [0.5, 0.6) is 11.5 Å². The van der Waals surface area contributed by atoms with E-state index in [1.165, 1.54) is 11.1 Å². The van der Waals surface area contributed by atoms with E-state index in [0.29, 0.717) is 0 Å². The Morgan fingerprint density at radius 1 is 1.00 bits per heavy atom. The van der Waals surface area contributed by atoms with Gasteiger partial charge in [-0.1, -0.05) is 41.6 Å². The van der Waals surface area contributed by atoms with Crippen LogP contribution in [0.25, 0.3) is 0 Å². The van der Waals surface area contributed by atoms with Crippen LogP contribution in [0.1, 0.15) is 30.0 Å². The zero-order valence-electron chi connectivity index (χ0n) is 15.5. The minimum Gasteiger partial charge on any atom is -0.497 e. The highest BCUT2D eigenvalue weighted by molar-refractivity contribution is 7.98. The Morgan fingerprint density at radius 2 is 1.65 bits per heavy atom. The Hall–Kier alpha value is -2.47. The van der Waals surface area contributed by atoms with Gasteiger partial charge in [-0.05, 0) is 43.7 Å². The molecule has 1 atom stereocenters.